The molecular weight excluding hydrogens is 252 g/mol. The summed E-state index contributed by atoms with van der Waals surface area (Å²) in [4.78, 5) is 2.95. The molecule has 0 fully saturated rings. The quantitative estimate of drug-likeness (QED) is 0.512. The fourth-order valence-corrected chi connectivity index (χ4v) is 2.16. The van der Waals surface area contributed by atoms with E-state index >= 15 is 0 Å². The first-order valence-electron chi connectivity index (χ1n) is 6.55. The van der Waals surface area contributed by atoms with Crippen LogP contribution in [0.3, 0.4) is 0 Å². The molecule has 1 aromatic heterocycles. The molecule has 20 heavy (non-hydrogen) atoms. The third-order valence-electron chi connectivity index (χ3n) is 3.17. The molecule has 6 heteroatoms. The Bertz CT molecular complexity index is 624. The zero-order valence-electron chi connectivity index (χ0n) is 11.6. The van der Waals surface area contributed by atoms with Gasteiger partial charge >= 0.3 is 0 Å². The Hall–Kier alpha value is -2.30. The summed E-state index contributed by atoms with van der Waals surface area (Å²) in [5.74, 6) is 0.194. The average Bonchev–Trinajstić information content (AvgIpc) is 2.93. The van der Waals surface area contributed by atoms with Crippen molar-refractivity contribution >= 4 is 0 Å². The van der Waals surface area contributed by atoms with E-state index in [1.54, 1.807) is 10.9 Å². The predicted molar refractivity (Wildman–Crippen MR) is 78.2 cm³/mol. The Labute approximate surface area is 117 Å². The van der Waals surface area contributed by atoms with Gasteiger partial charge in [-0.1, -0.05) is 31.1 Å². The molecule has 1 atom stereocenters. The molecule has 0 aliphatic heterocycles. The zero-order valence-corrected chi connectivity index (χ0v) is 11.6. The molecule has 0 spiro atoms. The summed E-state index contributed by atoms with van der Waals surface area (Å²) < 4.78 is 1.80. The van der Waals surface area contributed by atoms with E-state index in [1.165, 1.54) is 0 Å². The van der Waals surface area contributed by atoms with Crippen molar-refractivity contribution in [2.24, 2.45) is 16.8 Å². The number of aromatic nitrogens is 2. The number of hydrogen-bond acceptors (Lipinski definition) is 3. The molecule has 1 heterocycles. The summed E-state index contributed by atoms with van der Waals surface area (Å²) >= 11 is 0. The van der Waals surface area contributed by atoms with E-state index in [1.807, 2.05) is 44.2 Å². The second kappa shape index (κ2) is 6.23. The number of nitrogens with zero attached hydrogens (tertiary/aromatic N) is 5. The average molecular weight is 270 g/mol. The lowest BCUT2D eigenvalue weighted by atomic mass is 10.0. The minimum Gasteiger partial charge on any atom is -0.326 e. The summed E-state index contributed by atoms with van der Waals surface area (Å²) in [5, 5.41) is 8.23. The molecule has 0 amide bonds. The van der Waals surface area contributed by atoms with Crippen LogP contribution < -0.4 is 5.73 Å². The zero-order chi connectivity index (χ0) is 14.5. The Kier molecular flexibility index (Phi) is 4.40. The molecule has 0 saturated heterocycles. The monoisotopic (exact) mass is 270 g/mol. The van der Waals surface area contributed by atoms with Crippen LogP contribution in [0.25, 0.3) is 16.1 Å². The van der Waals surface area contributed by atoms with E-state index in [9.17, 15) is 0 Å². The predicted octanol–water partition coefficient (Wildman–Crippen LogP) is 3.34. The van der Waals surface area contributed by atoms with Crippen LogP contribution in [-0.2, 0) is 6.54 Å². The van der Waals surface area contributed by atoms with Crippen molar-refractivity contribution in [3.63, 3.8) is 0 Å². The topological polar surface area (TPSA) is 92.6 Å². The maximum absolute atomic E-state index is 8.74. The van der Waals surface area contributed by atoms with Gasteiger partial charge in [-0.3, -0.25) is 0 Å². The molecule has 2 aromatic rings. The highest BCUT2D eigenvalue weighted by molar-refractivity contribution is 5.37. The minimum absolute atomic E-state index is 0.194. The van der Waals surface area contributed by atoms with Crippen molar-refractivity contribution in [3.05, 3.63) is 58.2 Å². The van der Waals surface area contributed by atoms with E-state index in [0.717, 1.165) is 16.9 Å². The molecule has 0 radical (unpaired) electrons. The Balaban J connectivity index is 2.48. The highest BCUT2D eigenvalue weighted by Gasteiger charge is 2.19. The van der Waals surface area contributed by atoms with Crippen LogP contribution in [0.2, 0.25) is 0 Å². The summed E-state index contributed by atoms with van der Waals surface area (Å²) in [5.41, 5.74) is 17.3. The summed E-state index contributed by atoms with van der Waals surface area (Å²) in [6, 6.07) is 9.51. The largest absolute Gasteiger partial charge is 0.326 e. The van der Waals surface area contributed by atoms with E-state index in [2.05, 4.69) is 15.1 Å². The van der Waals surface area contributed by atoms with Gasteiger partial charge in [-0.15, -0.1) is 0 Å². The third-order valence-corrected chi connectivity index (χ3v) is 3.17. The smallest absolute Gasteiger partial charge is 0.0822 e. The van der Waals surface area contributed by atoms with Gasteiger partial charge in [-0.05, 0) is 35.2 Å². The first-order chi connectivity index (χ1) is 9.67. The molecular formula is C14H18N6. The molecule has 1 aromatic carbocycles. The molecule has 2 rings (SSSR count). The number of rotatable bonds is 5. The second-order valence-electron chi connectivity index (χ2n) is 4.94. The van der Waals surface area contributed by atoms with Crippen molar-refractivity contribution in [1.82, 2.24) is 9.78 Å². The fourth-order valence-electron chi connectivity index (χ4n) is 2.16. The first-order valence-corrected chi connectivity index (χ1v) is 6.55. The fraction of sp³-hybridized carbons (Fsp3) is 0.357. The maximum atomic E-state index is 8.74. The number of hydrogen-bond donors (Lipinski definition) is 1. The van der Waals surface area contributed by atoms with Gasteiger partial charge < -0.3 is 5.73 Å². The first kappa shape index (κ1) is 14.1. The minimum atomic E-state index is -0.246. The van der Waals surface area contributed by atoms with Gasteiger partial charge in [0.25, 0.3) is 0 Å². The van der Waals surface area contributed by atoms with Crippen molar-refractivity contribution in [2.75, 3.05) is 0 Å². The van der Waals surface area contributed by atoms with E-state index < -0.39 is 0 Å². The van der Waals surface area contributed by atoms with Gasteiger partial charge in [0.15, 0.2) is 0 Å². The van der Waals surface area contributed by atoms with Gasteiger partial charge in [0, 0.05) is 17.7 Å². The van der Waals surface area contributed by atoms with Crippen LogP contribution in [0.15, 0.2) is 41.6 Å². The highest BCUT2D eigenvalue weighted by atomic mass is 15.3. The lowest BCUT2D eigenvalue weighted by Gasteiger charge is -2.17. The normalized spacial score (nSPS) is 12.2. The molecule has 0 aliphatic rings. The molecule has 0 bridgehead atoms. The Morgan fingerprint density at radius 3 is 2.85 bits per heavy atom. The summed E-state index contributed by atoms with van der Waals surface area (Å²) in [6.07, 6.45) is 1.72. The number of azide groups is 1. The van der Waals surface area contributed by atoms with Crippen LogP contribution in [-0.4, -0.2) is 9.78 Å². The van der Waals surface area contributed by atoms with Crippen molar-refractivity contribution in [3.8, 4) is 5.69 Å². The van der Waals surface area contributed by atoms with Crippen LogP contribution in [0.1, 0.15) is 31.1 Å². The van der Waals surface area contributed by atoms with Gasteiger partial charge in [-0.2, -0.15) is 5.10 Å². The second-order valence-corrected chi connectivity index (χ2v) is 4.94. The lowest BCUT2D eigenvalue weighted by Crippen LogP contribution is -2.11. The van der Waals surface area contributed by atoms with Crippen LogP contribution in [0.5, 0.6) is 0 Å². The van der Waals surface area contributed by atoms with Crippen molar-refractivity contribution < 1.29 is 0 Å². The molecule has 0 saturated carbocycles. The van der Waals surface area contributed by atoms with E-state index in [-0.39, 0.29) is 12.0 Å². The van der Waals surface area contributed by atoms with Crippen LogP contribution >= 0.6 is 0 Å². The molecule has 6 nitrogen and oxygen atoms in total. The van der Waals surface area contributed by atoms with Gasteiger partial charge in [0.05, 0.1) is 17.4 Å². The van der Waals surface area contributed by atoms with E-state index in [0.29, 0.717) is 6.54 Å². The number of benzene rings is 1. The summed E-state index contributed by atoms with van der Waals surface area (Å²) in [6.45, 7) is 4.52. The van der Waals surface area contributed by atoms with E-state index in [4.69, 9.17) is 11.3 Å². The molecule has 104 valence electrons. The standard InChI is InChI=1S/C14H18N6/c1-10(2)14(18-19-16)13-6-7-17-20(13)12-5-3-4-11(8-12)9-15/h3-8,10,14H,9,15H2,1-2H3. The summed E-state index contributed by atoms with van der Waals surface area (Å²) in [7, 11) is 0. The maximum Gasteiger partial charge on any atom is 0.0822 e. The third kappa shape index (κ3) is 2.82. The van der Waals surface area contributed by atoms with Crippen LogP contribution in [0, 0.1) is 5.92 Å². The van der Waals surface area contributed by atoms with Gasteiger partial charge in [0.2, 0.25) is 0 Å². The Morgan fingerprint density at radius 1 is 1.40 bits per heavy atom. The molecule has 1 unspecified atom stereocenters. The Morgan fingerprint density at radius 2 is 2.20 bits per heavy atom. The lowest BCUT2D eigenvalue weighted by molar-refractivity contribution is 0.489. The SMILES string of the molecule is CC(C)C(N=[N+]=[N-])c1ccnn1-c1cccc(CN)c1. The van der Waals surface area contributed by atoms with Crippen LogP contribution in [0.4, 0.5) is 0 Å². The van der Waals surface area contributed by atoms with Crippen molar-refractivity contribution in [2.45, 2.75) is 26.4 Å². The van der Waals surface area contributed by atoms with Gasteiger partial charge in [-0.25, -0.2) is 4.68 Å². The highest BCUT2D eigenvalue weighted by Crippen LogP contribution is 2.27. The number of nitrogens with two attached hydrogens (primary N) is 1. The molecule has 2 N–H and O–H groups in total. The molecule has 0 aliphatic carbocycles. The van der Waals surface area contributed by atoms with Crippen molar-refractivity contribution in [1.29, 1.82) is 0 Å². The van der Waals surface area contributed by atoms with Gasteiger partial charge in [0.1, 0.15) is 0 Å².